The van der Waals surface area contributed by atoms with Gasteiger partial charge in [-0.15, -0.1) is 0 Å². The van der Waals surface area contributed by atoms with Crippen LogP contribution in [-0.4, -0.2) is 28.0 Å². The van der Waals surface area contributed by atoms with Crippen LogP contribution >= 0.6 is 0 Å². The smallest absolute Gasteiger partial charge is 0.0805 e. The van der Waals surface area contributed by atoms with E-state index in [-0.39, 0.29) is 11.6 Å². The molecule has 2 N–H and O–H groups in total. The summed E-state index contributed by atoms with van der Waals surface area (Å²) in [5, 5.41) is 4.61. The summed E-state index contributed by atoms with van der Waals surface area (Å²) in [7, 11) is 0. The van der Waals surface area contributed by atoms with Crippen molar-refractivity contribution in [3.05, 3.63) is 18.0 Å². The molecule has 0 saturated carbocycles. The molecule has 4 nitrogen and oxygen atoms in total. The van der Waals surface area contributed by atoms with Gasteiger partial charge in [-0.1, -0.05) is 13.8 Å². The Bertz CT molecular complexity index is 377. The standard InChI is InChI=1S/C15H29N3O/c1-6-12(4)18-10-9-13(17-18)11-14(16)15(5,7-2)19-8-3/h9-10,12,14H,6-8,11,16H2,1-5H3. The second kappa shape index (κ2) is 7.06. The van der Waals surface area contributed by atoms with Gasteiger partial charge in [0.15, 0.2) is 0 Å². The number of nitrogens with two attached hydrogens (primary N) is 1. The topological polar surface area (TPSA) is 53.1 Å². The highest BCUT2D eigenvalue weighted by Crippen LogP contribution is 2.21. The lowest BCUT2D eigenvalue weighted by Crippen LogP contribution is -2.48. The molecule has 0 aliphatic rings. The molecule has 1 heterocycles. The van der Waals surface area contributed by atoms with Crippen LogP contribution in [-0.2, 0) is 11.2 Å². The molecule has 1 rings (SSSR count). The Balaban J connectivity index is 2.70. The normalized spacial score (nSPS) is 18.0. The molecule has 0 saturated heterocycles. The first-order valence-electron chi connectivity index (χ1n) is 7.40. The fraction of sp³-hybridized carbons (Fsp3) is 0.800. The number of hydrogen-bond donors (Lipinski definition) is 1. The predicted molar refractivity (Wildman–Crippen MR) is 79.2 cm³/mol. The van der Waals surface area contributed by atoms with Crippen LogP contribution in [0.1, 0.15) is 59.2 Å². The minimum atomic E-state index is -0.269. The maximum atomic E-state index is 6.32. The van der Waals surface area contributed by atoms with E-state index in [1.165, 1.54) is 0 Å². The average Bonchev–Trinajstić information content (AvgIpc) is 2.86. The van der Waals surface area contributed by atoms with Crippen LogP contribution in [0.15, 0.2) is 12.3 Å². The van der Waals surface area contributed by atoms with Crippen molar-refractivity contribution in [3.63, 3.8) is 0 Å². The van der Waals surface area contributed by atoms with E-state index in [0.29, 0.717) is 12.6 Å². The summed E-state index contributed by atoms with van der Waals surface area (Å²) in [4.78, 5) is 0. The summed E-state index contributed by atoms with van der Waals surface area (Å²) < 4.78 is 7.85. The van der Waals surface area contributed by atoms with Crippen LogP contribution in [0.5, 0.6) is 0 Å². The SMILES string of the molecule is CCOC(C)(CC)C(N)Cc1ccn(C(C)CC)n1. The van der Waals surface area contributed by atoms with Gasteiger partial charge in [-0.3, -0.25) is 4.68 Å². The van der Waals surface area contributed by atoms with Gasteiger partial charge in [-0.05, 0) is 39.7 Å². The van der Waals surface area contributed by atoms with E-state index in [4.69, 9.17) is 10.5 Å². The molecule has 0 radical (unpaired) electrons. The molecule has 0 aliphatic heterocycles. The Morgan fingerprint density at radius 2 is 2.11 bits per heavy atom. The van der Waals surface area contributed by atoms with Crippen molar-refractivity contribution in [2.75, 3.05) is 6.61 Å². The Morgan fingerprint density at radius 3 is 2.63 bits per heavy atom. The van der Waals surface area contributed by atoms with Crippen LogP contribution in [0.3, 0.4) is 0 Å². The van der Waals surface area contributed by atoms with Crippen molar-refractivity contribution in [2.24, 2.45) is 5.73 Å². The van der Waals surface area contributed by atoms with Crippen LogP contribution in [0.25, 0.3) is 0 Å². The first-order chi connectivity index (χ1) is 8.96. The minimum absolute atomic E-state index is 0.0299. The zero-order valence-corrected chi connectivity index (χ0v) is 13.0. The highest BCUT2D eigenvalue weighted by atomic mass is 16.5. The van der Waals surface area contributed by atoms with E-state index >= 15 is 0 Å². The Morgan fingerprint density at radius 1 is 1.42 bits per heavy atom. The van der Waals surface area contributed by atoms with Crippen molar-refractivity contribution >= 4 is 0 Å². The number of ether oxygens (including phenoxy) is 1. The monoisotopic (exact) mass is 267 g/mol. The summed E-state index contributed by atoms with van der Waals surface area (Å²) in [6.07, 6.45) is 4.79. The molecule has 1 aromatic heterocycles. The van der Waals surface area contributed by atoms with Crippen LogP contribution in [0.4, 0.5) is 0 Å². The summed E-state index contributed by atoms with van der Waals surface area (Å²) in [5.41, 5.74) is 7.10. The lowest BCUT2D eigenvalue weighted by molar-refractivity contribution is -0.0463. The summed E-state index contributed by atoms with van der Waals surface area (Å²) in [6.45, 7) is 11.3. The Kier molecular flexibility index (Phi) is 6.01. The third kappa shape index (κ3) is 4.05. The van der Waals surface area contributed by atoms with Crippen molar-refractivity contribution in [1.82, 2.24) is 9.78 Å². The van der Waals surface area contributed by atoms with E-state index in [0.717, 1.165) is 25.0 Å². The second-order valence-electron chi connectivity index (χ2n) is 5.45. The van der Waals surface area contributed by atoms with Gasteiger partial charge in [0.05, 0.1) is 11.3 Å². The van der Waals surface area contributed by atoms with Crippen molar-refractivity contribution in [2.45, 2.75) is 71.6 Å². The molecule has 110 valence electrons. The summed E-state index contributed by atoms with van der Waals surface area (Å²) in [5.74, 6) is 0. The highest BCUT2D eigenvalue weighted by Gasteiger charge is 2.31. The molecule has 1 aromatic rings. The van der Waals surface area contributed by atoms with Crippen molar-refractivity contribution in [3.8, 4) is 0 Å². The number of nitrogens with zero attached hydrogens (tertiary/aromatic N) is 2. The van der Waals surface area contributed by atoms with Crippen LogP contribution in [0, 0.1) is 0 Å². The maximum absolute atomic E-state index is 6.32. The van der Waals surface area contributed by atoms with Crippen LogP contribution in [0.2, 0.25) is 0 Å². The molecule has 3 unspecified atom stereocenters. The fourth-order valence-corrected chi connectivity index (χ4v) is 2.16. The summed E-state index contributed by atoms with van der Waals surface area (Å²) in [6, 6.07) is 2.47. The Labute approximate surface area is 117 Å². The van der Waals surface area contributed by atoms with E-state index < -0.39 is 0 Å². The third-order valence-electron chi connectivity index (χ3n) is 4.10. The average molecular weight is 267 g/mol. The second-order valence-corrected chi connectivity index (χ2v) is 5.45. The van der Waals surface area contributed by atoms with Gasteiger partial charge in [0.2, 0.25) is 0 Å². The molecule has 0 amide bonds. The lowest BCUT2D eigenvalue weighted by atomic mass is 9.90. The minimum Gasteiger partial charge on any atom is -0.374 e. The zero-order chi connectivity index (χ0) is 14.5. The molecule has 0 aliphatic carbocycles. The van der Waals surface area contributed by atoms with E-state index in [2.05, 4.69) is 38.9 Å². The largest absolute Gasteiger partial charge is 0.374 e. The molecule has 19 heavy (non-hydrogen) atoms. The molecule has 3 atom stereocenters. The first-order valence-corrected chi connectivity index (χ1v) is 7.40. The molecule has 0 bridgehead atoms. The molecule has 0 spiro atoms. The lowest BCUT2D eigenvalue weighted by Gasteiger charge is -2.34. The highest BCUT2D eigenvalue weighted by molar-refractivity contribution is 5.05. The number of rotatable bonds is 8. The van der Waals surface area contributed by atoms with Gasteiger partial charge in [-0.25, -0.2) is 0 Å². The molecular weight excluding hydrogens is 238 g/mol. The van der Waals surface area contributed by atoms with Gasteiger partial charge in [-0.2, -0.15) is 5.10 Å². The van der Waals surface area contributed by atoms with E-state index in [9.17, 15) is 0 Å². The van der Waals surface area contributed by atoms with E-state index in [1.54, 1.807) is 0 Å². The quantitative estimate of drug-likeness (QED) is 0.788. The van der Waals surface area contributed by atoms with Gasteiger partial charge in [0.1, 0.15) is 0 Å². The summed E-state index contributed by atoms with van der Waals surface area (Å²) >= 11 is 0. The molecule has 4 heteroatoms. The van der Waals surface area contributed by atoms with Crippen molar-refractivity contribution < 1.29 is 4.74 Å². The predicted octanol–water partition coefficient (Wildman–Crippen LogP) is 2.93. The van der Waals surface area contributed by atoms with Gasteiger partial charge in [0.25, 0.3) is 0 Å². The van der Waals surface area contributed by atoms with Gasteiger partial charge < -0.3 is 10.5 Å². The Hall–Kier alpha value is -0.870. The van der Waals surface area contributed by atoms with Crippen LogP contribution < -0.4 is 5.73 Å². The maximum Gasteiger partial charge on any atom is 0.0805 e. The van der Waals surface area contributed by atoms with Gasteiger partial charge in [0, 0.05) is 31.3 Å². The van der Waals surface area contributed by atoms with Gasteiger partial charge >= 0.3 is 0 Å². The van der Waals surface area contributed by atoms with Crippen molar-refractivity contribution in [1.29, 1.82) is 0 Å². The molecule has 0 aromatic carbocycles. The number of hydrogen-bond acceptors (Lipinski definition) is 3. The third-order valence-corrected chi connectivity index (χ3v) is 4.10. The van der Waals surface area contributed by atoms with E-state index in [1.807, 2.05) is 17.8 Å². The molecule has 0 fully saturated rings. The first kappa shape index (κ1) is 16.2. The molecular formula is C15H29N3O. The fourth-order valence-electron chi connectivity index (χ4n) is 2.16. The number of aromatic nitrogens is 2. The zero-order valence-electron chi connectivity index (χ0n) is 13.0.